The molecule has 1 saturated heterocycles. The summed E-state index contributed by atoms with van der Waals surface area (Å²) in [5.74, 6) is -1.84. The second-order valence-corrected chi connectivity index (χ2v) is 4.10. The molecule has 1 fully saturated rings. The maximum absolute atomic E-state index is 11.7. The number of nitrogens with zero attached hydrogens (tertiary/aromatic N) is 2. The minimum atomic E-state index is -0.912. The molecule has 0 radical (unpaired) electrons. The molecule has 7 heteroatoms. The Labute approximate surface area is 98.9 Å². The summed E-state index contributed by atoms with van der Waals surface area (Å²) in [6.07, 6.45) is -0.630. The van der Waals surface area contributed by atoms with Crippen LogP contribution >= 0.6 is 0 Å². The highest BCUT2D eigenvalue weighted by molar-refractivity contribution is 5.94. The van der Waals surface area contributed by atoms with Gasteiger partial charge in [-0.2, -0.15) is 0 Å². The molecule has 1 atom stereocenters. The second kappa shape index (κ2) is 5.62. The lowest BCUT2D eigenvalue weighted by Gasteiger charge is -2.20. The van der Waals surface area contributed by atoms with Crippen molar-refractivity contribution in [3.63, 3.8) is 0 Å². The fraction of sp³-hybridized carbons (Fsp3) is 0.700. The number of carboxylic acids is 1. The largest absolute Gasteiger partial charge is 0.481 e. The van der Waals surface area contributed by atoms with Crippen molar-refractivity contribution in [1.82, 2.24) is 9.80 Å². The van der Waals surface area contributed by atoms with Crippen LogP contribution in [0.1, 0.15) is 6.92 Å². The fourth-order valence-corrected chi connectivity index (χ4v) is 1.55. The molecule has 7 nitrogen and oxygen atoms in total. The molecule has 0 aromatic rings. The predicted octanol–water partition coefficient (Wildman–Crippen LogP) is -0.382. The third kappa shape index (κ3) is 3.70. The Morgan fingerprint density at radius 1 is 1.59 bits per heavy atom. The molecule has 0 aromatic heterocycles. The molecule has 0 spiro atoms. The lowest BCUT2D eigenvalue weighted by molar-refractivity contribution is -0.142. The van der Waals surface area contributed by atoms with Crippen molar-refractivity contribution in [3.05, 3.63) is 0 Å². The zero-order valence-corrected chi connectivity index (χ0v) is 9.88. The number of carboxylic acid groups (broad SMARTS) is 1. The molecule has 1 N–H and O–H groups in total. The normalized spacial score (nSPS) is 17.1. The second-order valence-electron chi connectivity index (χ2n) is 4.10. The number of cyclic esters (lactones) is 1. The molecule has 0 aromatic carbocycles. The standard InChI is InChI=1S/C10H16N2O5/c1-7(9(14)15)5-11(2)6-8(13)12-3-4-17-10(12)16/h7H,3-6H2,1-2H3,(H,14,15). The van der Waals surface area contributed by atoms with Gasteiger partial charge in [0.15, 0.2) is 0 Å². The van der Waals surface area contributed by atoms with Crippen molar-refractivity contribution in [2.75, 3.05) is 33.3 Å². The number of rotatable bonds is 5. The van der Waals surface area contributed by atoms with Crippen LogP contribution < -0.4 is 0 Å². The van der Waals surface area contributed by atoms with Gasteiger partial charge in [0, 0.05) is 6.54 Å². The lowest BCUT2D eigenvalue weighted by Crippen LogP contribution is -2.41. The molecule has 0 saturated carbocycles. The molecule has 0 aliphatic carbocycles. The van der Waals surface area contributed by atoms with Crippen LogP contribution in [0.2, 0.25) is 0 Å². The third-order valence-electron chi connectivity index (χ3n) is 2.47. The van der Waals surface area contributed by atoms with Crippen LogP contribution in [0, 0.1) is 5.92 Å². The number of amides is 2. The van der Waals surface area contributed by atoms with E-state index in [0.717, 1.165) is 4.90 Å². The third-order valence-corrected chi connectivity index (χ3v) is 2.47. The first kappa shape index (κ1) is 13.4. The zero-order valence-electron chi connectivity index (χ0n) is 9.88. The smallest absolute Gasteiger partial charge is 0.416 e. The summed E-state index contributed by atoms with van der Waals surface area (Å²) in [6.45, 7) is 2.31. The maximum Gasteiger partial charge on any atom is 0.416 e. The van der Waals surface area contributed by atoms with Crippen LogP contribution in [0.5, 0.6) is 0 Å². The SMILES string of the molecule is CC(CN(C)CC(=O)N1CCOC1=O)C(=O)O. The van der Waals surface area contributed by atoms with Crippen LogP contribution in [0.4, 0.5) is 4.79 Å². The van der Waals surface area contributed by atoms with Gasteiger partial charge in [-0.05, 0) is 7.05 Å². The van der Waals surface area contributed by atoms with E-state index in [2.05, 4.69) is 4.74 Å². The van der Waals surface area contributed by atoms with Crippen molar-refractivity contribution < 1.29 is 24.2 Å². The van der Waals surface area contributed by atoms with Crippen LogP contribution in [0.15, 0.2) is 0 Å². The Balaban J connectivity index is 2.40. The summed E-state index contributed by atoms with van der Waals surface area (Å²) in [6, 6.07) is 0. The summed E-state index contributed by atoms with van der Waals surface area (Å²) >= 11 is 0. The zero-order chi connectivity index (χ0) is 13.0. The van der Waals surface area contributed by atoms with E-state index in [0.29, 0.717) is 0 Å². The van der Waals surface area contributed by atoms with Gasteiger partial charge in [-0.3, -0.25) is 14.5 Å². The van der Waals surface area contributed by atoms with Gasteiger partial charge in [0.1, 0.15) is 6.61 Å². The summed E-state index contributed by atoms with van der Waals surface area (Å²) < 4.78 is 4.64. The van der Waals surface area contributed by atoms with E-state index in [4.69, 9.17) is 5.11 Å². The van der Waals surface area contributed by atoms with Crippen molar-refractivity contribution in [3.8, 4) is 0 Å². The summed E-state index contributed by atoms with van der Waals surface area (Å²) in [5, 5.41) is 8.72. The van der Waals surface area contributed by atoms with Crippen LogP contribution in [-0.4, -0.2) is 66.2 Å². The first-order chi connectivity index (χ1) is 7.91. The van der Waals surface area contributed by atoms with Gasteiger partial charge in [0.05, 0.1) is 19.0 Å². The van der Waals surface area contributed by atoms with Gasteiger partial charge in [-0.25, -0.2) is 9.69 Å². The van der Waals surface area contributed by atoms with E-state index in [1.165, 1.54) is 0 Å². The molecule has 17 heavy (non-hydrogen) atoms. The number of aliphatic carboxylic acids is 1. The van der Waals surface area contributed by atoms with Gasteiger partial charge in [-0.1, -0.05) is 6.92 Å². The van der Waals surface area contributed by atoms with E-state index < -0.39 is 18.0 Å². The Morgan fingerprint density at radius 3 is 2.71 bits per heavy atom. The van der Waals surface area contributed by atoms with Crippen molar-refractivity contribution in [2.24, 2.45) is 5.92 Å². The van der Waals surface area contributed by atoms with E-state index in [-0.39, 0.29) is 32.1 Å². The minimum Gasteiger partial charge on any atom is -0.481 e. The molecule has 1 heterocycles. The average Bonchev–Trinajstić information content (AvgIpc) is 2.63. The fourth-order valence-electron chi connectivity index (χ4n) is 1.55. The van der Waals surface area contributed by atoms with Gasteiger partial charge in [-0.15, -0.1) is 0 Å². The van der Waals surface area contributed by atoms with E-state index in [1.807, 2.05) is 0 Å². The number of hydrogen-bond donors (Lipinski definition) is 1. The number of likely N-dealkylation sites (N-methyl/N-ethyl adjacent to an activating group) is 1. The van der Waals surface area contributed by atoms with Crippen LogP contribution in [0.3, 0.4) is 0 Å². The van der Waals surface area contributed by atoms with Crippen molar-refractivity contribution in [1.29, 1.82) is 0 Å². The Hall–Kier alpha value is -1.63. The summed E-state index contributed by atoms with van der Waals surface area (Å²) in [7, 11) is 1.64. The highest BCUT2D eigenvalue weighted by atomic mass is 16.6. The maximum atomic E-state index is 11.7. The summed E-state index contributed by atoms with van der Waals surface area (Å²) in [5.41, 5.74) is 0. The van der Waals surface area contributed by atoms with E-state index >= 15 is 0 Å². The highest BCUT2D eigenvalue weighted by Crippen LogP contribution is 2.05. The quantitative estimate of drug-likeness (QED) is 0.709. The number of carbonyl (C=O) groups is 3. The monoisotopic (exact) mass is 244 g/mol. The number of hydrogen-bond acceptors (Lipinski definition) is 5. The molecule has 96 valence electrons. The van der Waals surface area contributed by atoms with E-state index in [9.17, 15) is 14.4 Å². The van der Waals surface area contributed by atoms with Crippen LogP contribution in [0.25, 0.3) is 0 Å². The molecule has 1 aliphatic heterocycles. The Bertz CT molecular complexity index is 331. The molecule has 2 amide bonds. The molecule has 1 unspecified atom stereocenters. The number of carbonyl (C=O) groups excluding carboxylic acids is 2. The molecule has 0 bridgehead atoms. The topological polar surface area (TPSA) is 87.2 Å². The first-order valence-corrected chi connectivity index (χ1v) is 5.30. The summed E-state index contributed by atoms with van der Waals surface area (Å²) in [4.78, 5) is 36.0. The highest BCUT2D eigenvalue weighted by Gasteiger charge is 2.29. The van der Waals surface area contributed by atoms with Gasteiger partial charge < -0.3 is 9.84 Å². The van der Waals surface area contributed by atoms with Crippen molar-refractivity contribution >= 4 is 18.0 Å². The van der Waals surface area contributed by atoms with Gasteiger partial charge >= 0.3 is 12.1 Å². The number of ether oxygens (including phenoxy) is 1. The average molecular weight is 244 g/mol. The minimum absolute atomic E-state index is 0.00667. The Morgan fingerprint density at radius 2 is 2.24 bits per heavy atom. The number of imide groups is 1. The molecule has 1 rings (SSSR count). The molecule has 1 aliphatic rings. The Kier molecular flexibility index (Phi) is 4.45. The lowest BCUT2D eigenvalue weighted by atomic mass is 10.2. The molecular formula is C10H16N2O5. The van der Waals surface area contributed by atoms with E-state index in [1.54, 1.807) is 18.9 Å². The van der Waals surface area contributed by atoms with Crippen LogP contribution in [-0.2, 0) is 14.3 Å². The van der Waals surface area contributed by atoms with Gasteiger partial charge in [0.25, 0.3) is 0 Å². The predicted molar refractivity (Wildman–Crippen MR) is 57.4 cm³/mol. The van der Waals surface area contributed by atoms with Crippen molar-refractivity contribution in [2.45, 2.75) is 6.92 Å². The van der Waals surface area contributed by atoms with Gasteiger partial charge in [0.2, 0.25) is 5.91 Å². The molecular weight excluding hydrogens is 228 g/mol. The first-order valence-electron chi connectivity index (χ1n) is 5.30.